The van der Waals surface area contributed by atoms with Crippen molar-refractivity contribution < 1.29 is 9.69 Å². The second-order valence-electron chi connectivity index (χ2n) is 9.44. The SMILES string of the molecule is CC(=O)N1c2cnc(Nc3ccc(N4CC[NH+](C)CC4)cc3)nc2N(C)C[C@H]1c1c(Cl)cccc1Cl. The van der Waals surface area contributed by atoms with Gasteiger partial charge in [-0.25, -0.2) is 4.98 Å². The first-order chi connectivity index (χ1) is 17.3. The zero-order valence-corrected chi connectivity index (χ0v) is 22.1. The molecule has 2 N–H and O–H groups in total. The number of halogens is 2. The molecule has 1 saturated heterocycles. The smallest absolute Gasteiger partial charge is 0.229 e. The van der Waals surface area contributed by atoms with Crippen LogP contribution in [0.5, 0.6) is 0 Å². The first kappa shape index (κ1) is 24.6. The number of amides is 1. The third kappa shape index (κ3) is 4.81. The summed E-state index contributed by atoms with van der Waals surface area (Å²) in [6, 6.07) is 13.4. The van der Waals surface area contributed by atoms with E-state index in [9.17, 15) is 4.79 Å². The van der Waals surface area contributed by atoms with Gasteiger partial charge in [-0.1, -0.05) is 29.3 Å². The van der Waals surface area contributed by atoms with Gasteiger partial charge in [0.1, 0.15) is 5.69 Å². The summed E-state index contributed by atoms with van der Waals surface area (Å²) in [7, 11) is 4.18. The quantitative estimate of drug-likeness (QED) is 0.542. The molecule has 1 fully saturated rings. The van der Waals surface area contributed by atoms with Crippen LogP contribution in [0.2, 0.25) is 10.0 Å². The van der Waals surface area contributed by atoms with Gasteiger partial charge in [-0.2, -0.15) is 4.98 Å². The van der Waals surface area contributed by atoms with Crippen molar-refractivity contribution in [2.75, 3.05) is 66.8 Å². The highest BCUT2D eigenvalue weighted by molar-refractivity contribution is 6.36. The van der Waals surface area contributed by atoms with Crippen molar-refractivity contribution in [3.63, 3.8) is 0 Å². The van der Waals surface area contributed by atoms with Crippen molar-refractivity contribution in [3.05, 3.63) is 64.3 Å². The largest absolute Gasteiger partial charge is 0.360 e. The van der Waals surface area contributed by atoms with Crippen LogP contribution < -0.4 is 24.9 Å². The minimum atomic E-state index is -0.354. The third-order valence-electron chi connectivity index (χ3n) is 6.91. The van der Waals surface area contributed by atoms with Crippen LogP contribution in [0.3, 0.4) is 0 Å². The van der Waals surface area contributed by atoms with Crippen LogP contribution in [0.4, 0.5) is 28.8 Å². The molecule has 0 unspecified atom stereocenters. The fourth-order valence-corrected chi connectivity index (χ4v) is 5.59. The molecule has 1 atom stereocenters. The molecule has 1 aromatic heterocycles. The first-order valence-corrected chi connectivity index (χ1v) is 12.8. The average Bonchev–Trinajstić information content (AvgIpc) is 2.85. The second kappa shape index (κ2) is 10.1. The second-order valence-corrected chi connectivity index (χ2v) is 10.3. The van der Waals surface area contributed by atoms with Crippen molar-refractivity contribution in [1.29, 1.82) is 0 Å². The molecule has 2 aliphatic heterocycles. The summed E-state index contributed by atoms with van der Waals surface area (Å²) in [6.07, 6.45) is 1.68. The van der Waals surface area contributed by atoms with Crippen molar-refractivity contribution in [3.8, 4) is 0 Å². The molecule has 0 spiro atoms. The number of piperazine rings is 1. The number of benzene rings is 2. The van der Waals surface area contributed by atoms with E-state index in [1.165, 1.54) is 12.6 Å². The van der Waals surface area contributed by atoms with E-state index < -0.39 is 0 Å². The molecule has 3 aromatic rings. The fourth-order valence-electron chi connectivity index (χ4n) is 4.94. The lowest BCUT2D eigenvalue weighted by Gasteiger charge is -2.41. The third-order valence-corrected chi connectivity index (χ3v) is 7.57. The molecule has 0 radical (unpaired) electrons. The Kier molecular flexibility index (Phi) is 6.92. The van der Waals surface area contributed by atoms with E-state index in [1.807, 2.05) is 24.1 Å². The van der Waals surface area contributed by atoms with Crippen molar-refractivity contribution in [2.45, 2.75) is 13.0 Å². The molecule has 3 heterocycles. The lowest BCUT2D eigenvalue weighted by molar-refractivity contribution is -0.880. The van der Waals surface area contributed by atoms with Crippen molar-refractivity contribution >= 4 is 57.9 Å². The number of nitrogens with one attached hydrogen (secondary N) is 2. The van der Waals surface area contributed by atoms with Crippen molar-refractivity contribution in [2.24, 2.45) is 0 Å². The number of quaternary nitrogens is 1. The molecule has 5 rings (SSSR count). The summed E-state index contributed by atoms with van der Waals surface area (Å²) in [6.45, 7) is 6.45. The summed E-state index contributed by atoms with van der Waals surface area (Å²) in [4.78, 5) is 29.7. The van der Waals surface area contributed by atoms with Gasteiger partial charge in [0, 0.05) is 47.5 Å². The lowest BCUT2D eigenvalue weighted by Crippen LogP contribution is -3.12. The van der Waals surface area contributed by atoms with E-state index in [1.54, 1.807) is 34.2 Å². The molecule has 8 nitrogen and oxygen atoms in total. The van der Waals surface area contributed by atoms with E-state index in [0.717, 1.165) is 37.4 Å². The highest BCUT2D eigenvalue weighted by Gasteiger charge is 2.36. The maximum absolute atomic E-state index is 12.8. The summed E-state index contributed by atoms with van der Waals surface area (Å²) < 4.78 is 0. The zero-order valence-electron chi connectivity index (χ0n) is 20.6. The maximum atomic E-state index is 12.8. The molecule has 188 valence electrons. The van der Waals surface area contributed by atoms with Gasteiger partial charge in [-0.05, 0) is 36.4 Å². The average molecular weight is 527 g/mol. The standard InChI is InChI=1S/C26H29Cl2N7O/c1-17(36)35-22-15-29-26(30-18-7-9-19(10-8-18)34-13-11-32(2)12-14-34)31-25(22)33(3)16-23(35)24-20(27)5-4-6-21(24)28/h4-10,15,23H,11-14,16H2,1-3H3,(H,29,30,31)/p+1/t23-/m0/s1. The van der Waals surface area contributed by atoms with E-state index >= 15 is 0 Å². The topological polar surface area (TPSA) is 69.0 Å². The van der Waals surface area contributed by atoms with Gasteiger partial charge in [-0.15, -0.1) is 0 Å². The monoisotopic (exact) mass is 526 g/mol. The predicted molar refractivity (Wildman–Crippen MR) is 146 cm³/mol. The normalized spacial score (nSPS) is 18.2. The molecule has 1 amide bonds. The Hall–Kier alpha value is -3.07. The van der Waals surface area contributed by atoms with E-state index in [0.29, 0.717) is 34.0 Å². The molecule has 0 aliphatic carbocycles. The summed E-state index contributed by atoms with van der Waals surface area (Å²) in [5.74, 6) is 1.00. The predicted octanol–water partition coefficient (Wildman–Crippen LogP) is 3.41. The minimum Gasteiger partial charge on any atom is -0.360 e. The van der Waals surface area contributed by atoms with Crippen LogP contribution in [0.1, 0.15) is 18.5 Å². The number of hydrogen-bond acceptors (Lipinski definition) is 6. The van der Waals surface area contributed by atoms with Gasteiger partial charge in [0.05, 0.1) is 45.5 Å². The molecule has 0 bridgehead atoms. The molecule has 2 aliphatic rings. The Morgan fingerprint density at radius 2 is 1.75 bits per heavy atom. The highest BCUT2D eigenvalue weighted by atomic mass is 35.5. The molecular formula is C26H30Cl2N7O+. The van der Waals surface area contributed by atoms with Crippen LogP contribution in [0.25, 0.3) is 0 Å². The number of anilines is 5. The number of carbonyl (C=O) groups is 1. The van der Waals surface area contributed by atoms with Crippen LogP contribution in [0, 0.1) is 0 Å². The van der Waals surface area contributed by atoms with E-state index in [-0.39, 0.29) is 11.9 Å². The minimum absolute atomic E-state index is 0.129. The van der Waals surface area contributed by atoms with Gasteiger partial charge in [0.2, 0.25) is 11.9 Å². The van der Waals surface area contributed by atoms with Gasteiger partial charge < -0.3 is 20.0 Å². The van der Waals surface area contributed by atoms with Crippen LogP contribution >= 0.6 is 23.2 Å². The summed E-state index contributed by atoms with van der Waals surface area (Å²) in [5.41, 5.74) is 3.47. The molecular weight excluding hydrogens is 497 g/mol. The number of rotatable bonds is 4. The van der Waals surface area contributed by atoms with Crippen LogP contribution in [-0.4, -0.2) is 62.7 Å². The maximum Gasteiger partial charge on any atom is 0.229 e. The Morgan fingerprint density at radius 3 is 2.39 bits per heavy atom. The zero-order chi connectivity index (χ0) is 25.4. The van der Waals surface area contributed by atoms with Crippen molar-refractivity contribution in [1.82, 2.24) is 9.97 Å². The Morgan fingerprint density at radius 1 is 1.08 bits per heavy atom. The Balaban J connectivity index is 1.39. The van der Waals surface area contributed by atoms with Gasteiger partial charge in [0.25, 0.3) is 0 Å². The number of likely N-dealkylation sites (N-methyl/N-ethyl adjacent to an activating group) is 2. The lowest BCUT2D eigenvalue weighted by atomic mass is 10.0. The summed E-state index contributed by atoms with van der Waals surface area (Å²) >= 11 is 13.0. The Labute approximate surface area is 221 Å². The van der Waals surface area contributed by atoms with Gasteiger partial charge >= 0.3 is 0 Å². The van der Waals surface area contributed by atoms with E-state index in [4.69, 9.17) is 28.2 Å². The number of aromatic nitrogens is 2. The van der Waals surface area contributed by atoms with E-state index in [2.05, 4.69) is 34.4 Å². The van der Waals surface area contributed by atoms with Gasteiger partial charge in [0.15, 0.2) is 5.82 Å². The highest BCUT2D eigenvalue weighted by Crippen LogP contribution is 2.43. The number of hydrogen-bond donors (Lipinski definition) is 2. The number of nitrogens with zero attached hydrogens (tertiary/aromatic N) is 5. The molecule has 36 heavy (non-hydrogen) atoms. The Bertz CT molecular complexity index is 1240. The van der Waals surface area contributed by atoms with Crippen LogP contribution in [0.15, 0.2) is 48.7 Å². The summed E-state index contributed by atoms with van der Waals surface area (Å²) in [5, 5.41) is 4.35. The molecule has 10 heteroatoms. The molecule has 0 saturated carbocycles. The number of carbonyl (C=O) groups excluding carboxylic acids is 1. The number of fused-ring (bicyclic) bond motifs is 1. The first-order valence-electron chi connectivity index (χ1n) is 12.1. The van der Waals surface area contributed by atoms with Gasteiger partial charge in [-0.3, -0.25) is 9.69 Å². The molecule has 2 aromatic carbocycles. The fraction of sp³-hybridized carbons (Fsp3) is 0.346. The van der Waals surface area contributed by atoms with Crippen LogP contribution in [-0.2, 0) is 4.79 Å².